The standard InChI is InChI=1S/C14H22BrN3S/c1-10(2)18(3)8-4-7-17-13-6-5-11(14(16)19)9-12(13)15/h5-6,9-10,17H,4,7-8H2,1-3H3,(H2,16,19). The van der Waals surface area contributed by atoms with Crippen LogP contribution in [0.3, 0.4) is 0 Å². The van der Waals surface area contributed by atoms with Gasteiger partial charge in [0.05, 0.1) is 0 Å². The number of benzene rings is 1. The lowest BCUT2D eigenvalue weighted by Crippen LogP contribution is -2.28. The Bertz CT molecular complexity index is 435. The maximum atomic E-state index is 5.60. The van der Waals surface area contributed by atoms with Crippen LogP contribution >= 0.6 is 28.1 Å². The Hall–Kier alpha value is -0.650. The number of hydrogen-bond donors (Lipinski definition) is 2. The Balaban J connectivity index is 2.44. The van der Waals surface area contributed by atoms with E-state index in [-0.39, 0.29) is 0 Å². The monoisotopic (exact) mass is 343 g/mol. The van der Waals surface area contributed by atoms with Crippen LogP contribution in [-0.2, 0) is 0 Å². The first-order valence-corrected chi connectivity index (χ1v) is 7.65. The molecule has 106 valence electrons. The second-order valence-electron chi connectivity index (χ2n) is 4.91. The van der Waals surface area contributed by atoms with Crippen LogP contribution in [0.1, 0.15) is 25.8 Å². The van der Waals surface area contributed by atoms with E-state index in [1.807, 2.05) is 18.2 Å². The lowest BCUT2D eigenvalue weighted by atomic mass is 10.2. The Morgan fingerprint density at radius 1 is 1.47 bits per heavy atom. The van der Waals surface area contributed by atoms with Gasteiger partial charge >= 0.3 is 0 Å². The van der Waals surface area contributed by atoms with Crippen molar-refractivity contribution in [3.8, 4) is 0 Å². The average Bonchev–Trinajstić information content (AvgIpc) is 2.35. The van der Waals surface area contributed by atoms with Crippen molar-refractivity contribution in [2.75, 3.05) is 25.5 Å². The van der Waals surface area contributed by atoms with E-state index in [0.29, 0.717) is 11.0 Å². The molecule has 19 heavy (non-hydrogen) atoms. The number of rotatable bonds is 7. The van der Waals surface area contributed by atoms with Gasteiger partial charge in [-0.1, -0.05) is 12.2 Å². The van der Waals surface area contributed by atoms with Gasteiger partial charge in [0.15, 0.2) is 0 Å². The zero-order valence-corrected chi connectivity index (χ0v) is 14.1. The smallest absolute Gasteiger partial charge is 0.104 e. The summed E-state index contributed by atoms with van der Waals surface area (Å²) in [6.07, 6.45) is 1.11. The number of nitrogens with one attached hydrogen (secondary N) is 1. The molecular weight excluding hydrogens is 322 g/mol. The fourth-order valence-electron chi connectivity index (χ4n) is 1.62. The van der Waals surface area contributed by atoms with Gasteiger partial charge in [0, 0.05) is 28.3 Å². The number of nitrogens with zero attached hydrogens (tertiary/aromatic N) is 1. The number of anilines is 1. The molecule has 0 amide bonds. The van der Waals surface area contributed by atoms with Crippen LogP contribution in [0.4, 0.5) is 5.69 Å². The molecule has 0 spiro atoms. The summed E-state index contributed by atoms with van der Waals surface area (Å²) >= 11 is 8.49. The van der Waals surface area contributed by atoms with E-state index in [9.17, 15) is 0 Å². The third kappa shape index (κ3) is 5.47. The molecule has 0 bridgehead atoms. The van der Waals surface area contributed by atoms with Gasteiger partial charge in [0.2, 0.25) is 0 Å². The van der Waals surface area contributed by atoms with Crippen molar-refractivity contribution in [2.45, 2.75) is 26.3 Å². The van der Waals surface area contributed by atoms with Crippen LogP contribution in [0.25, 0.3) is 0 Å². The highest BCUT2D eigenvalue weighted by Crippen LogP contribution is 2.23. The van der Waals surface area contributed by atoms with E-state index >= 15 is 0 Å². The first-order chi connectivity index (χ1) is 8.91. The second-order valence-corrected chi connectivity index (χ2v) is 6.21. The average molecular weight is 344 g/mol. The van der Waals surface area contributed by atoms with Gasteiger partial charge in [-0.2, -0.15) is 0 Å². The molecule has 0 saturated carbocycles. The quantitative estimate of drug-likeness (QED) is 0.589. The van der Waals surface area contributed by atoms with E-state index in [4.69, 9.17) is 18.0 Å². The van der Waals surface area contributed by atoms with E-state index in [1.165, 1.54) is 0 Å². The minimum absolute atomic E-state index is 0.422. The molecule has 1 aromatic carbocycles. The van der Waals surface area contributed by atoms with E-state index < -0.39 is 0 Å². The summed E-state index contributed by atoms with van der Waals surface area (Å²) in [7, 11) is 2.15. The molecule has 5 heteroatoms. The normalized spacial score (nSPS) is 11.1. The van der Waals surface area contributed by atoms with Crippen molar-refractivity contribution >= 4 is 38.8 Å². The molecule has 0 atom stereocenters. The third-order valence-corrected chi connectivity index (χ3v) is 4.03. The largest absolute Gasteiger partial charge is 0.389 e. The first-order valence-electron chi connectivity index (χ1n) is 6.45. The number of hydrogen-bond acceptors (Lipinski definition) is 3. The second kappa shape index (κ2) is 7.82. The highest BCUT2D eigenvalue weighted by atomic mass is 79.9. The van der Waals surface area contributed by atoms with Gasteiger partial charge in [0.25, 0.3) is 0 Å². The summed E-state index contributed by atoms with van der Waals surface area (Å²) in [5.41, 5.74) is 7.56. The molecular formula is C14H22BrN3S. The highest BCUT2D eigenvalue weighted by Gasteiger charge is 2.04. The van der Waals surface area contributed by atoms with Gasteiger partial charge in [-0.25, -0.2) is 0 Å². The number of thiocarbonyl (C=S) groups is 1. The Kier molecular flexibility index (Phi) is 6.75. The Labute approximate surface area is 129 Å². The summed E-state index contributed by atoms with van der Waals surface area (Å²) in [5, 5.41) is 3.42. The molecule has 1 rings (SSSR count). The van der Waals surface area contributed by atoms with Gasteiger partial charge in [-0.3, -0.25) is 0 Å². The van der Waals surface area contributed by atoms with Crippen molar-refractivity contribution in [3.05, 3.63) is 28.2 Å². The molecule has 0 aliphatic heterocycles. The van der Waals surface area contributed by atoms with E-state index in [0.717, 1.165) is 35.2 Å². The lowest BCUT2D eigenvalue weighted by Gasteiger charge is -2.21. The maximum absolute atomic E-state index is 5.60. The molecule has 0 heterocycles. The van der Waals surface area contributed by atoms with Gasteiger partial charge in [0.1, 0.15) is 4.99 Å². The molecule has 3 nitrogen and oxygen atoms in total. The number of nitrogens with two attached hydrogens (primary N) is 1. The van der Waals surface area contributed by atoms with Crippen molar-refractivity contribution < 1.29 is 0 Å². The van der Waals surface area contributed by atoms with Crippen LogP contribution < -0.4 is 11.1 Å². The van der Waals surface area contributed by atoms with Crippen LogP contribution in [0, 0.1) is 0 Å². The predicted octanol–water partition coefficient (Wildman–Crippen LogP) is 3.23. The molecule has 0 aliphatic carbocycles. The summed E-state index contributed by atoms with van der Waals surface area (Å²) < 4.78 is 0.995. The Morgan fingerprint density at radius 2 is 2.16 bits per heavy atom. The molecule has 1 aromatic rings. The minimum atomic E-state index is 0.422. The minimum Gasteiger partial charge on any atom is -0.389 e. The maximum Gasteiger partial charge on any atom is 0.104 e. The molecule has 0 aliphatic rings. The van der Waals surface area contributed by atoms with Crippen molar-refractivity contribution in [2.24, 2.45) is 5.73 Å². The van der Waals surface area contributed by atoms with Crippen LogP contribution in [0.2, 0.25) is 0 Å². The molecule has 0 radical (unpaired) electrons. The van der Waals surface area contributed by atoms with Crippen LogP contribution in [-0.4, -0.2) is 36.1 Å². The fraction of sp³-hybridized carbons (Fsp3) is 0.500. The summed E-state index contributed by atoms with van der Waals surface area (Å²) in [6.45, 7) is 6.45. The van der Waals surface area contributed by atoms with Crippen molar-refractivity contribution in [1.29, 1.82) is 0 Å². The van der Waals surface area contributed by atoms with E-state index in [2.05, 4.69) is 47.0 Å². The highest BCUT2D eigenvalue weighted by molar-refractivity contribution is 9.10. The zero-order valence-electron chi connectivity index (χ0n) is 11.7. The summed E-state index contributed by atoms with van der Waals surface area (Å²) in [5.74, 6) is 0. The fourth-order valence-corrected chi connectivity index (χ4v) is 2.27. The van der Waals surface area contributed by atoms with Gasteiger partial charge in [-0.05, 0) is 68.0 Å². The van der Waals surface area contributed by atoms with Crippen molar-refractivity contribution in [1.82, 2.24) is 4.90 Å². The predicted molar refractivity (Wildman–Crippen MR) is 90.9 cm³/mol. The van der Waals surface area contributed by atoms with Gasteiger partial charge in [-0.15, -0.1) is 0 Å². The SMILES string of the molecule is CC(C)N(C)CCCNc1ccc(C(N)=S)cc1Br. The molecule has 0 fully saturated rings. The lowest BCUT2D eigenvalue weighted by molar-refractivity contribution is 0.273. The number of halogens is 1. The Morgan fingerprint density at radius 3 is 2.68 bits per heavy atom. The summed E-state index contributed by atoms with van der Waals surface area (Å²) in [4.78, 5) is 2.76. The molecule has 3 N–H and O–H groups in total. The van der Waals surface area contributed by atoms with Crippen molar-refractivity contribution in [3.63, 3.8) is 0 Å². The topological polar surface area (TPSA) is 41.3 Å². The molecule has 0 saturated heterocycles. The van der Waals surface area contributed by atoms with Crippen LogP contribution in [0.15, 0.2) is 22.7 Å². The molecule has 0 aromatic heterocycles. The molecule has 0 unspecified atom stereocenters. The van der Waals surface area contributed by atoms with E-state index in [1.54, 1.807) is 0 Å². The third-order valence-electron chi connectivity index (χ3n) is 3.14. The summed E-state index contributed by atoms with van der Waals surface area (Å²) in [6, 6.07) is 6.49. The zero-order chi connectivity index (χ0) is 14.4. The van der Waals surface area contributed by atoms with Crippen LogP contribution in [0.5, 0.6) is 0 Å². The van der Waals surface area contributed by atoms with Gasteiger partial charge < -0.3 is 16.0 Å². The first kappa shape index (κ1) is 16.4.